The Balaban J connectivity index is 2.84. The number of ether oxygens (including phenoxy) is 1. The van der Waals surface area contributed by atoms with Crippen LogP contribution in [-0.4, -0.2) is 25.3 Å². The number of amidine groups is 1. The first-order chi connectivity index (χ1) is 6.81. The van der Waals surface area contributed by atoms with E-state index in [4.69, 9.17) is 9.94 Å². The third-order valence-corrected chi connectivity index (χ3v) is 1.66. The van der Waals surface area contributed by atoms with Gasteiger partial charge in [-0.05, 0) is 24.3 Å². The summed E-state index contributed by atoms with van der Waals surface area (Å²) in [5.41, 5.74) is 3.15. The van der Waals surface area contributed by atoms with Crippen molar-refractivity contribution in [2.75, 3.05) is 14.2 Å². The minimum Gasteiger partial charge on any atom is -0.497 e. The summed E-state index contributed by atoms with van der Waals surface area (Å²) in [7, 11) is 3.03. The molecule has 0 aliphatic heterocycles. The second-order valence-corrected chi connectivity index (χ2v) is 2.48. The summed E-state index contributed by atoms with van der Waals surface area (Å²) < 4.78 is 4.99. The van der Waals surface area contributed by atoms with Crippen LogP contribution in [0.2, 0.25) is 0 Å². The van der Waals surface area contributed by atoms with E-state index in [9.17, 15) is 0 Å². The predicted octanol–water partition coefficient (Wildman–Crippen LogP) is 0.982. The number of methoxy groups -OCH3 is 1. The molecule has 1 aromatic carbocycles. The molecule has 0 fully saturated rings. The molecule has 0 radical (unpaired) electrons. The van der Waals surface area contributed by atoms with Crippen molar-refractivity contribution in [1.82, 2.24) is 5.48 Å². The second kappa shape index (κ2) is 5.08. The van der Waals surface area contributed by atoms with Crippen molar-refractivity contribution in [1.29, 1.82) is 0 Å². The highest BCUT2D eigenvalue weighted by Gasteiger charge is 2.02. The predicted molar refractivity (Wildman–Crippen MR) is 51.5 cm³/mol. The maximum atomic E-state index is 8.65. The van der Waals surface area contributed by atoms with E-state index in [2.05, 4.69) is 15.5 Å². The van der Waals surface area contributed by atoms with Crippen molar-refractivity contribution >= 4 is 5.84 Å². The zero-order chi connectivity index (χ0) is 10.4. The summed E-state index contributed by atoms with van der Waals surface area (Å²) in [6.07, 6.45) is 0. The maximum Gasteiger partial charge on any atom is 0.196 e. The van der Waals surface area contributed by atoms with Gasteiger partial charge in [-0.25, -0.2) is 5.48 Å². The minimum absolute atomic E-state index is 0.246. The number of hydrogen-bond acceptors (Lipinski definition) is 4. The molecule has 1 rings (SSSR count). The molecule has 0 spiro atoms. The Kier molecular flexibility index (Phi) is 3.75. The second-order valence-electron chi connectivity index (χ2n) is 2.48. The van der Waals surface area contributed by atoms with E-state index in [0.717, 1.165) is 5.75 Å². The number of hydroxylamine groups is 1. The van der Waals surface area contributed by atoms with Crippen molar-refractivity contribution in [3.05, 3.63) is 29.8 Å². The van der Waals surface area contributed by atoms with Crippen LogP contribution in [0.25, 0.3) is 0 Å². The Bertz CT molecular complexity index is 308. The molecule has 14 heavy (non-hydrogen) atoms. The van der Waals surface area contributed by atoms with Crippen LogP contribution in [-0.2, 0) is 4.84 Å². The molecule has 1 aromatic rings. The molecule has 0 aliphatic carbocycles. The van der Waals surface area contributed by atoms with Gasteiger partial charge in [-0.2, -0.15) is 0 Å². The molecule has 2 N–H and O–H groups in total. The normalized spacial score (nSPS) is 11.1. The minimum atomic E-state index is 0.246. The van der Waals surface area contributed by atoms with Gasteiger partial charge in [0.2, 0.25) is 0 Å². The molecule has 76 valence electrons. The standard InChI is InChI=1S/C9H12N2O3/c1-13-8-5-3-7(4-6-8)9(10-12)11-14-2/h3-6,12H,1-2H3,(H,10,11). The van der Waals surface area contributed by atoms with Crippen molar-refractivity contribution in [3.63, 3.8) is 0 Å². The lowest BCUT2D eigenvalue weighted by Gasteiger charge is -2.05. The third-order valence-electron chi connectivity index (χ3n) is 1.66. The molecule has 0 unspecified atom stereocenters. The summed E-state index contributed by atoms with van der Waals surface area (Å²) in [4.78, 5) is 4.63. The molecule has 0 bridgehead atoms. The number of nitrogens with one attached hydrogen (secondary N) is 1. The summed E-state index contributed by atoms with van der Waals surface area (Å²) in [5.74, 6) is 0.985. The van der Waals surface area contributed by atoms with Crippen LogP contribution in [0.4, 0.5) is 0 Å². The molecule has 0 aliphatic rings. The zero-order valence-electron chi connectivity index (χ0n) is 8.02. The van der Waals surface area contributed by atoms with E-state index < -0.39 is 0 Å². The molecule has 0 aromatic heterocycles. The molecular weight excluding hydrogens is 184 g/mol. The number of benzene rings is 1. The quantitative estimate of drug-likeness (QED) is 0.327. The van der Waals surface area contributed by atoms with Gasteiger partial charge in [0.1, 0.15) is 5.75 Å². The molecule has 0 amide bonds. The summed E-state index contributed by atoms with van der Waals surface area (Å²) >= 11 is 0. The van der Waals surface area contributed by atoms with E-state index in [0.29, 0.717) is 5.56 Å². The van der Waals surface area contributed by atoms with E-state index in [1.165, 1.54) is 7.11 Å². The van der Waals surface area contributed by atoms with Crippen molar-refractivity contribution in [2.24, 2.45) is 5.16 Å². The molecule has 0 saturated heterocycles. The Morgan fingerprint density at radius 1 is 1.29 bits per heavy atom. The SMILES string of the molecule is CON/C(=N/O)c1ccc(OC)cc1. The van der Waals surface area contributed by atoms with Crippen molar-refractivity contribution < 1.29 is 14.8 Å². The maximum absolute atomic E-state index is 8.65. The number of hydrogen-bond donors (Lipinski definition) is 2. The van der Waals surface area contributed by atoms with Gasteiger partial charge in [0.25, 0.3) is 0 Å². The van der Waals surface area contributed by atoms with E-state index >= 15 is 0 Å². The van der Waals surface area contributed by atoms with E-state index in [1.54, 1.807) is 31.4 Å². The fraction of sp³-hybridized carbons (Fsp3) is 0.222. The molecular formula is C9H12N2O3. The molecule has 0 atom stereocenters. The Hall–Kier alpha value is -1.75. The molecule has 0 heterocycles. The first-order valence-corrected chi connectivity index (χ1v) is 3.97. The average molecular weight is 196 g/mol. The highest BCUT2D eigenvalue weighted by Crippen LogP contribution is 2.11. The van der Waals surface area contributed by atoms with Crippen LogP contribution in [0.3, 0.4) is 0 Å². The fourth-order valence-corrected chi connectivity index (χ4v) is 0.983. The van der Waals surface area contributed by atoms with Crippen LogP contribution in [0, 0.1) is 0 Å². The van der Waals surface area contributed by atoms with Crippen molar-refractivity contribution in [3.8, 4) is 5.75 Å². The van der Waals surface area contributed by atoms with Crippen LogP contribution in [0.5, 0.6) is 5.75 Å². The summed E-state index contributed by atoms with van der Waals surface area (Å²) in [5, 5.41) is 11.7. The van der Waals surface area contributed by atoms with Crippen molar-refractivity contribution in [2.45, 2.75) is 0 Å². The number of nitrogens with zero attached hydrogens (tertiary/aromatic N) is 1. The van der Waals surface area contributed by atoms with Crippen LogP contribution in [0.15, 0.2) is 29.4 Å². The smallest absolute Gasteiger partial charge is 0.196 e. The summed E-state index contributed by atoms with van der Waals surface area (Å²) in [6.45, 7) is 0. The van der Waals surface area contributed by atoms with Gasteiger partial charge in [0, 0.05) is 5.56 Å². The highest BCUT2D eigenvalue weighted by atomic mass is 16.6. The zero-order valence-corrected chi connectivity index (χ0v) is 8.02. The molecule has 5 heteroatoms. The van der Waals surface area contributed by atoms with Gasteiger partial charge < -0.3 is 9.94 Å². The van der Waals surface area contributed by atoms with E-state index in [1.807, 2.05) is 0 Å². The topological polar surface area (TPSA) is 63.1 Å². The lowest BCUT2D eigenvalue weighted by Crippen LogP contribution is -2.22. The number of oxime groups is 1. The van der Waals surface area contributed by atoms with Gasteiger partial charge in [0.15, 0.2) is 5.84 Å². The monoisotopic (exact) mass is 196 g/mol. The van der Waals surface area contributed by atoms with Gasteiger partial charge in [-0.1, -0.05) is 5.16 Å². The van der Waals surface area contributed by atoms with Crippen LogP contribution in [0.1, 0.15) is 5.56 Å². The summed E-state index contributed by atoms with van der Waals surface area (Å²) in [6, 6.07) is 7.02. The van der Waals surface area contributed by atoms with Gasteiger partial charge >= 0.3 is 0 Å². The Morgan fingerprint density at radius 2 is 1.93 bits per heavy atom. The lowest BCUT2D eigenvalue weighted by molar-refractivity contribution is 0.140. The average Bonchev–Trinajstić information content (AvgIpc) is 2.26. The highest BCUT2D eigenvalue weighted by molar-refractivity contribution is 5.97. The molecule has 5 nitrogen and oxygen atoms in total. The van der Waals surface area contributed by atoms with Crippen LogP contribution < -0.4 is 10.2 Å². The lowest BCUT2D eigenvalue weighted by atomic mass is 10.2. The van der Waals surface area contributed by atoms with Gasteiger partial charge in [0.05, 0.1) is 14.2 Å². The van der Waals surface area contributed by atoms with Crippen LogP contribution >= 0.6 is 0 Å². The van der Waals surface area contributed by atoms with Gasteiger partial charge in [-0.15, -0.1) is 0 Å². The largest absolute Gasteiger partial charge is 0.497 e. The van der Waals surface area contributed by atoms with Gasteiger partial charge in [-0.3, -0.25) is 4.84 Å². The first-order valence-electron chi connectivity index (χ1n) is 3.97. The fourth-order valence-electron chi connectivity index (χ4n) is 0.983. The molecule has 0 saturated carbocycles. The van der Waals surface area contributed by atoms with E-state index in [-0.39, 0.29) is 5.84 Å². The Labute approximate surface area is 81.9 Å². The number of rotatable bonds is 3. The first kappa shape index (κ1) is 10.3. The third kappa shape index (κ3) is 2.37. The Morgan fingerprint density at radius 3 is 2.36 bits per heavy atom.